The molecule has 0 fully saturated rings. The van der Waals surface area contributed by atoms with Crippen LogP contribution in [0.5, 0.6) is 11.5 Å². The van der Waals surface area contributed by atoms with Crippen molar-refractivity contribution in [1.82, 2.24) is 9.99 Å². The minimum absolute atomic E-state index is 0.180. The van der Waals surface area contributed by atoms with E-state index in [2.05, 4.69) is 10.5 Å². The first-order valence-corrected chi connectivity index (χ1v) is 6.53. The second-order valence-electron chi connectivity index (χ2n) is 4.68. The molecule has 0 atom stereocenters. The maximum atomic E-state index is 11.9. The molecular weight excluding hydrogens is 286 g/mol. The zero-order valence-corrected chi connectivity index (χ0v) is 11.8. The van der Waals surface area contributed by atoms with Gasteiger partial charge in [0.25, 0.3) is 5.91 Å². The molecule has 1 aromatic carbocycles. The molecule has 7 nitrogen and oxygen atoms in total. The first kappa shape index (κ1) is 13.9. The zero-order chi connectivity index (χ0) is 15.5. The molecule has 0 saturated carbocycles. The predicted molar refractivity (Wildman–Crippen MR) is 79.3 cm³/mol. The number of pyridine rings is 1. The molecule has 2 heterocycles. The quantitative estimate of drug-likeness (QED) is 0.673. The van der Waals surface area contributed by atoms with E-state index in [1.165, 1.54) is 29.1 Å². The molecule has 0 spiro atoms. The van der Waals surface area contributed by atoms with Gasteiger partial charge in [-0.25, -0.2) is 5.43 Å². The molecule has 7 heteroatoms. The number of aryl methyl sites for hydroxylation is 1. The van der Waals surface area contributed by atoms with Gasteiger partial charge in [0, 0.05) is 19.3 Å². The number of ether oxygens (including phenoxy) is 2. The van der Waals surface area contributed by atoms with E-state index in [1.54, 1.807) is 25.2 Å². The first-order chi connectivity index (χ1) is 10.6. The van der Waals surface area contributed by atoms with Gasteiger partial charge in [-0.1, -0.05) is 0 Å². The van der Waals surface area contributed by atoms with Crippen LogP contribution in [0.2, 0.25) is 0 Å². The van der Waals surface area contributed by atoms with E-state index in [4.69, 9.17) is 9.47 Å². The number of carbonyl (C=O) groups is 1. The number of aromatic nitrogens is 1. The van der Waals surface area contributed by atoms with Crippen LogP contribution in [0.4, 0.5) is 0 Å². The smallest absolute Gasteiger partial charge is 0.272 e. The standard InChI is InChI=1S/C15H13N3O4/c1-18-8-11(3-5-14(18)19)15(20)17-16-7-10-2-4-12-13(6-10)22-9-21-12/h2-8H,9H2,1H3,(H,17,20)/b16-7+. The number of nitrogens with one attached hydrogen (secondary N) is 1. The third-order valence-electron chi connectivity index (χ3n) is 3.12. The lowest BCUT2D eigenvalue weighted by molar-refractivity contribution is 0.0954. The number of rotatable bonds is 3. The van der Waals surface area contributed by atoms with E-state index in [1.807, 2.05) is 0 Å². The van der Waals surface area contributed by atoms with Crippen LogP contribution in [0.15, 0.2) is 46.4 Å². The summed E-state index contributed by atoms with van der Waals surface area (Å²) in [6.07, 6.45) is 2.95. The van der Waals surface area contributed by atoms with Gasteiger partial charge in [0.05, 0.1) is 11.8 Å². The van der Waals surface area contributed by atoms with Gasteiger partial charge in [-0.3, -0.25) is 9.59 Å². The Morgan fingerprint density at radius 1 is 1.27 bits per heavy atom. The highest BCUT2D eigenvalue weighted by atomic mass is 16.7. The Balaban J connectivity index is 1.67. The van der Waals surface area contributed by atoms with Crippen molar-refractivity contribution in [2.75, 3.05) is 6.79 Å². The van der Waals surface area contributed by atoms with Crippen molar-refractivity contribution in [2.24, 2.45) is 12.1 Å². The van der Waals surface area contributed by atoms with Crippen molar-refractivity contribution in [3.63, 3.8) is 0 Å². The monoisotopic (exact) mass is 299 g/mol. The van der Waals surface area contributed by atoms with E-state index >= 15 is 0 Å². The van der Waals surface area contributed by atoms with Gasteiger partial charge >= 0.3 is 0 Å². The van der Waals surface area contributed by atoms with Crippen LogP contribution in [-0.4, -0.2) is 23.5 Å². The second-order valence-corrected chi connectivity index (χ2v) is 4.68. The molecule has 1 aromatic heterocycles. The Kier molecular flexibility index (Phi) is 3.61. The summed E-state index contributed by atoms with van der Waals surface area (Å²) in [6.45, 7) is 0.208. The lowest BCUT2D eigenvalue weighted by Gasteiger charge is -2.02. The van der Waals surface area contributed by atoms with Crippen LogP contribution in [0.25, 0.3) is 0 Å². The van der Waals surface area contributed by atoms with Gasteiger partial charge < -0.3 is 14.0 Å². The number of carbonyl (C=O) groups excluding carboxylic acids is 1. The molecule has 0 radical (unpaired) electrons. The van der Waals surface area contributed by atoms with Crippen LogP contribution in [0.3, 0.4) is 0 Å². The number of hydrazone groups is 1. The van der Waals surface area contributed by atoms with Crippen molar-refractivity contribution in [1.29, 1.82) is 0 Å². The molecule has 0 bridgehead atoms. The summed E-state index contributed by atoms with van der Waals surface area (Å²) in [7, 11) is 1.58. The zero-order valence-electron chi connectivity index (χ0n) is 11.8. The summed E-state index contributed by atoms with van der Waals surface area (Å²) in [5.41, 5.74) is 3.35. The molecule has 22 heavy (non-hydrogen) atoms. The average molecular weight is 299 g/mol. The van der Waals surface area contributed by atoms with E-state index in [-0.39, 0.29) is 12.4 Å². The predicted octanol–water partition coefficient (Wildman–Crippen LogP) is 0.878. The average Bonchev–Trinajstić information content (AvgIpc) is 2.97. The van der Waals surface area contributed by atoms with Crippen LogP contribution in [0.1, 0.15) is 15.9 Å². The molecule has 1 N–H and O–H groups in total. The molecule has 1 aliphatic rings. The number of amides is 1. The second kappa shape index (κ2) is 5.72. The third kappa shape index (κ3) is 2.83. The molecule has 1 aliphatic heterocycles. The van der Waals surface area contributed by atoms with Crippen LogP contribution >= 0.6 is 0 Å². The number of benzene rings is 1. The molecule has 1 amide bonds. The van der Waals surface area contributed by atoms with Crippen molar-refractivity contribution in [3.05, 3.63) is 58.0 Å². The normalized spacial score (nSPS) is 12.6. The molecule has 0 saturated heterocycles. The van der Waals surface area contributed by atoms with Crippen molar-refractivity contribution in [2.45, 2.75) is 0 Å². The number of fused-ring (bicyclic) bond motifs is 1. The van der Waals surface area contributed by atoms with Gasteiger partial charge in [0.1, 0.15) is 0 Å². The Bertz CT molecular complexity index is 811. The maximum Gasteiger partial charge on any atom is 0.272 e. The van der Waals surface area contributed by atoms with Crippen molar-refractivity contribution < 1.29 is 14.3 Å². The van der Waals surface area contributed by atoms with Crippen molar-refractivity contribution in [3.8, 4) is 11.5 Å². The molecule has 0 unspecified atom stereocenters. The highest BCUT2D eigenvalue weighted by Crippen LogP contribution is 2.31. The lowest BCUT2D eigenvalue weighted by atomic mass is 10.2. The fourth-order valence-electron chi connectivity index (χ4n) is 1.95. The summed E-state index contributed by atoms with van der Waals surface area (Å²) >= 11 is 0. The topological polar surface area (TPSA) is 81.9 Å². The minimum Gasteiger partial charge on any atom is -0.454 e. The van der Waals surface area contributed by atoms with Gasteiger partial charge in [0.2, 0.25) is 12.4 Å². The minimum atomic E-state index is -0.396. The molecule has 2 aromatic rings. The lowest BCUT2D eigenvalue weighted by Crippen LogP contribution is -2.22. The van der Waals surface area contributed by atoms with E-state index in [0.29, 0.717) is 17.1 Å². The molecular formula is C15H13N3O4. The Morgan fingerprint density at radius 2 is 2.09 bits per heavy atom. The summed E-state index contributed by atoms with van der Waals surface area (Å²) in [5, 5.41) is 3.89. The van der Waals surface area contributed by atoms with Crippen LogP contribution in [-0.2, 0) is 7.05 Å². The summed E-state index contributed by atoms with van der Waals surface area (Å²) in [6, 6.07) is 8.13. The third-order valence-corrected chi connectivity index (χ3v) is 3.12. The van der Waals surface area contributed by atoms with E-state index in [9.17, 15) is 9.59 Å². The Morgan fingerprint density at radius 3 is 2.91 bits per heavy atom. The number of hydrogen-bond donors (Lipinski definition) is 1. The van der Waals surface area contributed by atoms with E-state index < -0.39 is 5.91 Å². The fraction of sp³-hybridized carbons (Fsp3) is 0.133. The van der Waals surface area contributed by atoms with Crippen molar-refractivity contribution >= 4 is 12.1 Å². The summed E-state index contributed by atoms with van der Waals surface area (Å²) < 4.78 is 11.8. The Labute approximate surface area is 125 Å². The van der Waals surface area contributed by atoms with Crippen LogP contribution in [0, 0.1) is 0 Å². The van der Waals surface area contributed by atoms with Gasteiger partial charge in [0.15, 0.2) is 11.5 Å². The van der Waals surface area contributed by atoms with Gasteiger partial charge in [-0.2, -0.15) is 5.10 Å². The van der Waals surface area contributed by atoms with E-state index in [0.717, 1.165) is 5.56 Å². The molecule has 3 rings (SSSR count). The molecule has 112 valence electrons. The number of nitrogens with zero attached hydrogens (tertiary/aromatic N) is 2. The Hall–Kier alpha value is -3.09. The van der Waals surface area contributed by atoms with Gasteiger partial charge in [-0.05, 0) is 29.8 Å². The SMILES string of the molecule is Cn1cc(C(=O)N/N=C/c2ccc3c(c2)OCO3)ccc1=O. The molecule has 0 aliphatic carbocycles. The summed E-state index contributed by atoms with van der Waals surface area (Å²) in [4.78, 5) is 23.2. The van der Waals surface area contributed by atoms with Gasteiger partial charge in [-0.15, -0.1) is 0 Å². The summed E-state index contributed by atoms with van der Waals surface area (Å²) in [5.74, 6) is 0.937. The van der Waals surface area contributed by atoms with Crippen LogP contribution < -0.4 is 20.5 Å². The first-order valence-electron chi connectivity index (χ1n) is 6.53. The maximum absolute atomic E-state index is 11.9. The fourth-order valence-corrected chi connectivity index (χ4v) is 1.95. The largest absolute Gasteiger partial charge is 0.454 e. The highest BCUT2D eigenvalue weighted by molar-refractivity contribution is 5.94. The highest BCUT2D eigenvalue weighted by Gasteiger charge is 2.12. The number of hydrogen-bond acceptors (Lipinski definition) is 5.